The smallest absolute Gasteiger partial charge is 0.317 e. The Labute approximate surface area is 137 Å². The summed E-state index contributed by atoms with van der Waals surface area (Å²) >= 11 is 0. The Morgan fingerprint density at radius 1 is 1.43 bits per heavy atom. The van der Waals surface area contributed by atoms with Crippen molar-refractivity contribution in [3.8, 4) is 5.69 Å². The van der Waals surface area contributed by atoms with Gasteiger partial charge in [-0.3, -0.25) is 0 Å². The van der Waals surface area contributed by atoms with E-state index in [2.05, 4.69) is 16.5 Å². The van der Waals surface area contributed by atoms with Gasteiger partial charge in [-0.2, -0.15) is 5.10 Å². The molecule has 122 valence electrons. The number of hydrogen-bond donors (Lipinski definition) is 1. The molecule has 1 aliphatic rings. The van der Waals surface area contributed by atoms with E-state index in [-0.39, 0.29) is 12.1 Å². The largest absolute Gasteiger partial charge is 0.331 e. The van der Waals surface area contributed by atoms with Crippen molar-refractivity contribution in [1.29, 1.82) is 0 Å². The molecule has 5 heteroatoms. The van der Waals surface area contributed by atoms with E-state index in [1.54, 1.807) is 11.1 Å². The molecule has 0 spiro atoms. The van der Waals surface area contributed by atoms with Gasteiger partial charge < -0.3 is 10.2 Å². The van der Waals surface area contributed by atoms with Crippen LogP contribution < -0.4 is 5.32 Å². The van der Waals surface area contributed by atoms with Crippen LogP contribution in [0.25, 0.3) is 5.69 Å². The molecule has 0 aliphatic heterocycles. The molecule has 23 heavy (non-hydrogen) atoms. The molecule has 5 nitrogen and oxygen atoms in total. The van der Waals surface area contributed by atoms with Gasteiger partial charge in [0.15, 0.2) is 0 Å². The van der Waals surface area contributed by atoms with Gasteiger partial charge in [-0.15, -0.1) is 0 Å². The van der Waals surface area contributed by atoms with Crippen molar-refractivity contribution in [2.45, 2.75) is 32.2 Å². The number of urea groups is 1. The van der Waals surface area contributed by atoms with Crippen molar-refractivity contribution < 1.29 is 4.79 Å². The van der Waals surface area contributed by atoms with E-state index in [0.717, 1.165) is 17.8 Å². The first kappa shape index (κ1) is 15.6. The van der Waals surface area contributed by atoms with Gasteiger partial charge in [0.1, 0.15) is 0 Å². The van der Waals surface area contributed by atoms with Crippen molar-refractivity contribution >= 4 is 6.03 Å². The van der Waals surface area contributed by atoms with Crippen molar-refractivity contribution in [3.05, 3.63) is 48.3 Å². The van der Waals surface area contributed by atoms with Crippen LogP contribution in [0.5, 0.6) is 0 Å². The lowest BCUT2D eigenvalue weighted by Crippen LogP contribution is -2.42. The lowest BCUT2D eigenvalue weighted by Gasteiger charge is -2.31. The average molecular weight is 312 g/mol. The fourth-order valence-electron chi connectivity index (χ4n) is 2.88. The molecule has 2 aromatic rings. The molecule has 1 fully saturated rings. The maximum absolute atomic E-state index is 12.3. The summed E-state index contributed by atoms with van der Waals surface area (Å²) < 4.78 is 1.82. The molecule has 1 saturated carbocycles. The topological polar surface area (TPSA) is 50.2 Å². The number of benzene rings is 1. The monoisotopic (exact) mass is 312 g/mol. The molecular formula is C18H24N4O. The van der Waals surface area contributed by atoms with Crippen LogP contribution in [0.15, 0.2) is 42.7 Å². The molecule has 1 aromatic heterocycles. The minimum absolute atomic E-state index is 0.00566. The molecule has 1 heterocycles. The summed E-state index contributed by atoms with van der Waals surface area (Å²) in [4.78, 5) is 14.1. The van der Waals surface area contributed by atoms with Crippen LogP contribution in [-0.4, -0.2) is 34.3 Å². The van der Waals surface area contributed by atoms with Gasteiger partial charge in [0.05, 0.1) is 11.7 Å². The summed E-state index contributed by atoms with van der Waals surface area (Å²) in [7, 11) is 1.88. The highest BCUT2D eigenvalue weighted by atomic mass is 16.2. The van der Waals surface area contributed by atoms with Gasteiger partial charge in [0.25, 0.3) is 0 Å². The first-order valence-electron chi connectivity index (χ1n) is 8.25. The second kappa shape index (κ2) is 6.86. The Kier molecular flexibility index (Phi) is 4.65. The average Bonchev–Trinajstić information content (AvgIpc) is 3.05. The van der Waals surface area contributed by atoms with Crippen LogP contribution in [0.1, 0.15) is 37.8 Å². The highest BCUT2D eigenvalue weighted by Crippen LogP contribution is 2.26. The Hall–Kier alpha value is -2.30. The predicted octanol–water partition coefficient (Wildman–Crippen LogP) is 3.37. The zero-order chi connectivity index (χ0) is 16.2. The van der Waals surface area contributed by atoms with Crippen molar-refractivity contribution in [1.82, 2.24) is 20.0 Å². The summed E-state index contributed by atoms with van der Waals surface area (Å²) in [6, 6.07) is 9.94. The molecule has 3 rings (SSSR count). The minimum atomic E-state index is -0.0400. The van der Waals surface area contributed by atoms with E-state index < -0.39 is 0 Å². The zero-order valence-corrected chi connectivity index (χ0v) is 13.8. The third-order valence-electron chi connectivity index (χ3n) is 4.58. The molecular weight excluding hydrogens is 288 g/mol. The normalized spacial score (nSPS) is 15.7. The molecule has 1 N–H and O–H groups in total. The Morgan fingerprint density at radius 2 is 2.26 bits per heavy atom. The quantitative estimate of drug-likeness (QED) is 0.920. The first-order chi connectivity index (χ1) is 11.1. The second-order valence-corrected chi connectivity index (χ2v) is 6.39. The van der Waals surface area contributed by atoms with Crippen molar-refractivity contribution in [2.75, 3.05) is 13.6 Å². The van der Waals surface area contributed by atoms with Gasteiger partial charge in [-0.1, -0.05) is 18.6 Å². The molecule has 0 radical (unpaired) electrons. The third kappa shape index (κ3) is 3.73. The van der Waals surface area contributed by atoms with Crippen LogP contribution in [0.3, 0.4) is 0 Å². The second-order valence-electron chi connectivity index (χ2n) is 6.39. The predicted molar refractivity (Wildman–Crippen MR) is 90.5 cm³/mol. The number of carbonyl (C=O) groups excluding carboxylic acids is 1. The van der Waals surface area contributed by atoms with Crippen LogP contribution in [0, 0.1) is 5.92 Å². The molecule has 0 bridgehead atoms. The van der Waals surface area contributed by atoms with Gasteiger partial charge >= 0.3 is 6.03 Å². The summed E-state index contributed by atoms with van der Waals surface area (Å²) in [5, 5.41) is 7.32. The molecule has 2 amide bonds. The van der Waals surface area contributed by atoms with E-state index in [0.29, 0.717) is 5.92 Å². The Morgan fingerprint density at radius 3 is 2.91 bits per heavy atom. The Balaban J connectivity index is 1.62. The van der Waals surface area contributed by atoms with E-state index in [4.69, 9.17) is 0 Å². The van der Waals surface area contributed by atoms with Gasteiger partial charge in [0.2, 0.25) is 0 Å². The van der Waals surface area contributed by atoms with Crippen molar-refractivity contribution in [3.63, 3.8) is 0 Å². The van der Waals surface area contributed by atoms with Crippen LogP contribution in [-0.2, 0) is 0 Å². The van der Waals surface area contributed by atoms with Gasteiger partial charge in [-0.25, -0.2) is 9.48 Å². The number of amides is 2. The molecule has 0 saturated heterocycles. The standard InChI is InChI=1S/C18H24N4O/c1-14(20-18(23)21(2)13-15-6-3-7-15)16-8-4-9-17(12-16)22-11-5-10-19-22/h4-5,8-12,14-15H,3,6-7,13H2,1-2H3,(H,20,23)/t14-/m0/s1. The van der Waals surface area contributed by atoms with E-state index in [9.17, 15) is 4.79 Å². The highest BCUT2D eigenvalue weighted by molar-refractivity contribution is 5.74. The summed E-state index contributed by atoms with van der Waals surface area (Å²) in [6.07, 6.45) is 7.47. The molecule has 1 aliphatic carbocycles. The highest BCUT2D eigenvalue weighted by Gasteiger charge is 2.22. The SMILES string of the molecule is C[C@H](NC(=O)N(C)CC1CCC1)c1cccc(-n2cccn2)c1. The van der Waals surface area contributed by atoms with Crippen LogP contribution >= 0.6 is 0 Å². The summed E-state index contributed by atoms with van der Waals surface area (Å²) in [5.74, 6) is 0.684. The third-order valence-corrected chi connectivity index (χ3v) is 4.58. The summed E-state index contributed by atoms with van der Waals surface area (Å²) in [6.45, 7) is 2.86. The number of rotatable bonds is 5. The lowest BCUT2D eigenvalue weighted by molar-refractivity contribution is 0.180. The molecule has 0 unspecified atom stereocenters. The molecule has 1 atom stereocenters. The maximum atomic E-state index is 12.3. The minimum Gasteiger partial charge on any atom is -0.331 e. The lowest BCUT2D eigenvalue weighted by atomic mass is 9.85. The maximum Gasteiger partial charge on any atom is 0.317 e. The van der Waals surface area contributed by atoms with Gasteiger partial charge in [0, 0.05) is 26.0 Å². The number of nitrogens with one attached hydrogen (secondary N) is 1. The fourth-order valence-corrected chi connectivity index (χ4v) is 2.88. The van der Waals surface area contributed by atoms with E-state index in [1.165, 1.54) is 19.3 Å². The first-order valence-corrected chi connectivity index (χ1v) is 8.25. The zero-order valence-electron chi connectivity index (χ0n) is 13.8. The number of aromatic nitrogens is 2. The molecule has 1 aromatic carbocycles. The number of nitrogens with zero attached hydrogens (tertiary/aromatic N) is 3. The van der Waals surface area contributed by atoms with E-state index in [1.807, 2.05) is 49.1 Å². The number of hydrogen-bond acceptors (Lipinski definition) is 2. The fraction of sp³-hybridized carbons (Fsp3) is 0.444. The number of carbonyl (C=O) groups is 1. The van der Waals surface area contributed by atoms with Gasteiger partial charge in [-0.05, 0) is 49.4 Å². The Bertz CT molecular complexity index is 649. The summed E-state index contributed by atoms with van der Waals surface area (Å²) in [5.41, 5.74) is 2.07. The van der Waals surface area contributed by atoms with Crippen LogP contribution in [0.2, 0.25) is 0 Å². The van der Waals surface area contributed by atoms with E-state index >= 15 is 0 Å². The van der Waals surface area contributed by atoms with Crippen LogP contribution in [0.4, 0.5) is 4.79 Å². The van der Waals surface area contributed by atoms with Crippen molar-refractivity contribution in [2.24, 2.45) is 5.92 Å².